The molecule has 2 aliphatic rings. The van der Waals surface area contributed by atoms with Gasteiger partial charge in [-0.2, -0.15) is 0 Å². The predicted molar refractivity (Wildman–Crippen MR) is 107 cm³/mol. The Morgan fingerprint density at radius 3 is 2.86 bits per heavy atom. The van der Waals surface area contributed by atoms with Crippen molar-refractivity contribution in [3.8, 4) is 10.6 Å². The van der Waals surface area contributed by atoms with Gasteiger partial charge in [-0.05, 0) is 31.7 Å². The molecule has 0 saturated carbocycles. The van der Waals surface area contributed by atoms with Crippen LogP contribution < -0.4 is 5.32 Å². The van der Waals surface area contributed by atoms with Crippen molar-refractivity contribution in [1.29, 1.82) is 0 Å². The van der Waals surface area contributed by atoms with Crippen molar-refractivity contribution < 1.29 is 18.3 Å². The van der Waals surface area contributed by atoms with E-state index in [1.165, 1.54) is 11.4 Å². The number of aliphatic imine (C=N–C) groups is 1. The molecule has 0 bridgehead atoms. The number of hydrogen-bond donors (Lipinski definition) is 1. The highest BCUT2D eigenvalue weighted by Crippen LogP contribution is 2.29. The Hall–Kier alpha value is -2.65. The lowest BCUT2D eigenvalue weighted by Crippen LogP contribution is -2.41. The minimum Gasteiger partial charge on any atom is -0.491 e. The highest BCUT2D eigenvalue weighted by molar-refractivity contribution is 7.13. The molecule has 2 atom stereocenters. The van der Waals surface area contributed by atoms with Crippen molar-refractivity contribution in [3.05, 3.63) is 52.7 Å². The van der Waals surface area contributed by atoms with Crippen molar-refractivity contribution in [2.24, 2.45) is 4.99 Å². The Kier molecular flexibility index (Phi) is 5.68. The number of benzene rings is 1. The number of aromatic nitrogens is 1. The molecule has 1 N–H and O–H groups in total. The fourth-order valence-corrected chi connectivity index (χ4v) is 4.19. The first-order chi connectivity index (χ1) is 14.0. The van der Waals surface area contributed by atoms with E-state index < -0.39 is 23.6 Å². The third kappa shape index (κ3) is 4.35. The van der Waals surface area contributed by atoms with Gasteiger partial charge in [-0.15, -0.1) is 11.3 Å². The van der Waals surface area contributed by atoms with Crippen LogP contribution in [0.3, 0.4) is 0 Å². The second-order valence-electron chi connectivity index (χ2n) is 7.03. The lowest BCUT2D eigenvalue weighted by molar-refractivity contribution is 0.0857. The summed E-state index contributed by atoms with van der Waals surface area (Å²) in [6.07, 6.45) is 4.43. The van der Waals surface area contributed by atoms with Crippen LogP contribution in [0.5, 0.6) is 0 Å². The monoisotopic (exact) mass is 418 g/mol. The number of allylic oxidation sites excluding steroid dienone is 1. The van der Waals surface area contributed by atoms with E-state index in [1.807, 2.05) is 7.05 Å². The average molecular weight is 418 g/mol. The third-order valence-electron chi connectivity index (χ3n) is 4.85. The Balaban J connectivity index is 1.46. The molecular weight excluding hydrogens is 398 g/mol. The van der Waals surface area contributed by atoms with Gasteiger partial charge in [0.25, 0.3) is 5.91 Å². The summed E-state index contributed by atoms with van der Waals surface area (Å²) >= 11 is 1.02. The normalized spacial score (nSPS) is 21.8. The van der Waals surface area contributed by atoms with Crippen LogP contribution in [0, 0.1) is 11.6 Å². The van der Waals surface area contributed by atoms with Crippen molar-refractivity contribution in [1.82, 2.24) is 15.2 Å². The minimum atomic E-state index is -0.715. The molecular formula is C20H20F2N4O2S. The SMILES string of the molecule is CN1CCC(OC2=CC=NCC2NC(=O)c2csc(-c3c(F)cccc3F)n2)C1. The quantitative estimate of drug-likeness (QED) is 0.811. The summed E-state index contributed by atoms with van der Waals surface area (Å²) in [5.74, 6) is -1.21. The predicted octanol–water partition coefficient (Wildman–Crippen LogP) is 2.88. The molecule has 2 unspecified atom stereocenters. The number of likely N-dealkylation sites (tertiary alicyclic amines) is 1. The van der Waals surface area contributed by atoms with Gasteiger partial charge in [0.15, 0.2) is 0 Å². The van der Waals surface area contributed by atoms with Crippen LogP contribution in [0.15, 0.2) is 40.4 Å². The molecule has 0 radical (unpaired) electrons. The zero-order valence-corrected chi connectivity index (χ0v) is 16.6. The molecule has 3 heterocycles. The number of halogens is 2. The number of rotatable bonds is 5. The third-order valence-corrected chi connectivity index (χ3v) is 5.71. The van der Waals surface area contributed by atoms with E-state index >= 15 is 0 Å². The number of hydrogen-bond acceptors (Lipinski definition) is 6. The first-order valence-electron chi connectivity index (χ1n) is 9.27. The number of nitrogens with one attached hydrogen (secondary N) is 1. The molecule has 1 aromatic heterocycles. The van der Waals surface area contributed by atoms with Crippen LogP contribution in [-0.4, -0.2) is 60.8 Å². The van der Waals surface area contributed by atoms with Crippen LogP contribution >= 0.6 is 11.3 Å². The van der Waals surface area contributed by atoms with Crippen LogP contribution in [-0.2, 0) is 4.74 Å². The summed E-state index contributed by atoms with van der Waals surface area (Å²) in [5, 5.41) is 4.47. The highest BCUT2D eigenvalue weighted by atomic mass is 32.1. The summed E-state index contributed by atoms with van der Waals surface area (Å²) in [7, 11) is 2.04. The van der Waals surface area contributed by atoms with Crippen molar-refractivity contribution in [2.75, 3.05) is 26.7 Å². The fourth-order valence-electron chi connectivity index (χ4n) is 3.35. The topological polar surface area (TPSA) is 66.8 Å². The van der Waals surface area contributed by atoms with E-state index in [9.17, 15) is 13.6 Å². The van der Waals surface area contributed by atoms with Crippen LogP contribution in [0.25, 0.3) is 10.6 Å². The molecule has 0 aliphatic carbocycles. The summed E-state index contributed by atoms with van der Waals surface area (Å²) < 4.78 is 34.0. The van der Waals surface area contributed by atoms with E-state index in [1.54, 1.807) is 12.3 Å². The molecule has 2 aliphatic heterocycles. The van der Waals surface area contributed by atoms with Gasteiger partial charge in [-0.1, -0.05) is 6.07 Å². The molecule has 6 nitrogen and oxygen atoms in total. The molecule has 1 saturated heterocycles. The standard InChI is InChI=1S/C20H20F2N4O2S/c1-26-8-6-12(10-26)28-17-5-7-23-9-15(17)24-19(27)16-11-29-20(25-16)18-13(21)3-2-4-14(18)22/h2-5,7,11-12,15H,6,8-10H2,1H3,(H,24,27). The number of nitrogens with zero attached hydrogens (tertiary/aromatic N) is 3. The summed E-state index contributed by atoms with van der Waals surface area (Å²) in [6, 6.07) is 3.20. The summed E-state index contributed by atoms with van der Waals surface area (Å²) in [6.45, 7) is 2.16. The zero-order valence-electron chi connectivity index (χ0n) is 15.8. The van der Waals surface area contributed by atoms with Gasteiger partial charge >= 0.3 is 0 Å². The molecule has 1 aromatic carbocycles. The number of likely N-dealkylation sites (N-methyl/N-ethyl adjacent to an activating group) is 1. The van der Waals surface area contributed by atoms with E-state index in [2.05, 4.69) is 20.2 Å². The van der Waals surface area contributed by atoms with Crippen LogP contribution in [0.2, 0.25) is 0 Å². The Bertz CT molecular complexity index is 955. The van der Waals surface area contributed by atoms with Gasteiger partial charge in [0.05, 0.1) is 12.1 Å². The Morgan fingerprint density at radius 2 is 2.14 bits per heavy atom. The molecule has 152 valence electrons. The second kappa shape index (κ2) is 8.38. The second-order valence-corrected chi connectivity index (χ2v) is 7.89. The van der Waals surface area contributed by atoms with Crippen LogP contribution in [0.1, 0.15) is 16.9 Å². The number of dihydropyridines is 1. The maximum atomic E-state index is 14.0. The highest BCUT2D eigenvalue weighted by Gasteiger charge is 2.27. The smallest absolute Gasteiger partial charge is 0.271 e. The van der Waals surface area contributed by atoms with Crippen molar-refractivity contribution in [2.45, 2.75) is 18.6 Å². The average Bonchev–Trinajstić information content (AvgIpc) is 3.33. The van der Waals surface area contributed by atoms with Crippen molar-refractivity contribution >= 4 is 23.5 Å². The van der Waals surface area contributed by atoms with Gasteiger partial charge < -0.3 is 15.0 Å². The van der Waals surface area contributed by atoms with Gasteiger partial charge in [0.2, 0.25) is 0 Å². The molecule has 4 rings (SSSR count). The van der Waals surface area contributed by atoms with E-state index in [4.69, 9.17) is 4.74 Å². The number of thiazole rings is 1. The molecule has 2 aromatic rings. The van der Waals surface area contributed by atoms with Gasteiger partial charge in [-0.3, -0.25) is 9.79 Å². The molecule has 1 fully saturated rings. The number of ether oxygens (including phenoxy) is 1. The minimum absolute atomic E-state index is 0.0760. The van der Waals surface area contributed by atoms with Gasteiger partial charge in [-0.25, -0.2) is 13.8 Å². The lowest BCUT2D eigenvalue weighted by atomic mass is 10.1. The number of carbonyl (C=O) groups is 1. The van der Waals surface area contributed by atoms with Crippen LogP contribution in [0.4, 0.5) is 8.78 Å². The zero-order chi connectivity index (χ0) is 20.4. The van der Waals surface area contributed by atoms with Gasteiger partial charge in [0.1, 0.15) is 40.2 Å². The Morgan fingerprint density at radius 1 is 1.34 bits per heavy atom. The molecule has 0 spiro atoms. The molecule has 1 amide bonds. The van der Waals surface area contributed by atoms with E-state index in [0.717, 1.165) is 43.0 Å². The summed E-state index contributed by atoms with van der Waals surface area (Å²) in [5.41, 5.74) is -0.129. The van der Waals surface area contributed by atoms with E-state index in [-0.39, 0.29) is 22.4 Å². The lowest BCUT2D eigenvalue weighted by Gasteiger charge is -2.25. The fraction of sp³-hybridized carbons (Fsp3) is 0.350. The molecule has 9 heteroatoms. The first kappa shape index (κ1) is 19.7. The number of amides is 1. The maximum Gasteiger partial charge on any atom is 0.271 e. The maximum absolute atomic E-state index is 14.0. The van der Waals surface area contributed by atoms with E-state index in [0.29, 0.717) is 12.3 Å². The van der Waals surface area contributed by atoms with Crippen molar-refractivity contribution in [3.63, 3.8) is 0 Å². The molecule has 29 heavy (non-hydrogen) atoms. The summed E-state index contributed by atoms with van der Waals surface area (Å²) in [4.78, 5) is 23.2. The van der Waals surface area contributed by atoms with Gasteiger partial charge in [0, 0.05) is 24.7 Å². The number of carbonyl (C=O) groups excluding carboxylic acids is 1. The first-order valence-corrected chi connectivity index (χ1v) is 10.1. The Labute approximate surface area is 170 Å². The largest absolute Gasteiger partial charge is 0.491 e.